The Morgan fingerprint density at radius 1 is 1.28 bits per heavy atom. The number of carbonyl (C=O) groups excluding carboxylic acids is 1. The van der Waals surface area contributed by atoms with Gasteiger partial charge in [-0.1, -0.05) is 37.6 Å². The van der Waals surface area contributed by atoms with Gasteiger partial charge in [-0.05, 0) is 42.2 Å². The van der Waals surface area contributed by atoms with E-state index in [0.29, 0.717) is 23.2 Å². The Balaban J connectivity index is 1.63. The van der Waals surface area contributed by atoms with Crippen LogP contribution < -0.4 is 5.32 Å². The molecular formula is C19H20ClN3O2. The van der Waals surface area contributed by atoms with Crippen molar-refractivity contribution >= 4 is 23.2 Å². The molecule has 0 aliphatic rings. The average Bonchev–Trinajstić information content (AvgIpc) is 3.24. The van der Waals surface area contributed by atoms with Gasteiger partial charge in [0.15, 0.2) is 5.76 Å². The zero-order chi connectivity index (χ0) is 17.8. The highest BCUT2D eigenvalue weighted by atomic mass is 35.5. The molecule has 25 heavy (non-hydrogen) atoms. The molecular weight excluding hydrogens is 338 g/mol. The number of rotatable bonds is 6. The summed E-state index contributed by atoms with van der Waals surface area (Å²) in [5.41, 5.74) is 2.01. The third-order valence-electron chi connectivity index (χ3n) is 4.15. The zero-order valence-corrected chi connectivity index (χ0v) is 15.0. The van der Waals surface area contributed by atoms with Gasteiger partial charge in [-0.2, -0.15) is 5.10 Å². The van der Waals surface area contributed by atoms with E-state index in [1.54, 1.807) is 29.2 Å². The van der Waals surface area contributed by atoms with E-state index in [0.717, 1.165) is 12.1 Å². The van der Waals surface area contributed by atoms with Crippen molar-refractivity contribution in [1.82, 2.24) is 9.78 Å². The highest BCUT2D eigenvalue weighted by Gasteiger charge is 2.12. The lowest BCUT2D eigenvalue weighted by Gasteiger charge is -2.10. The fraction of sp³-hybridized carbons (Fsp3) is 0.263. The first kappa shape index (κ1) is 17.3. The summed E-state index contributed by atoms with van der Waals surface area (Å²) in [5, 5.41) is 7.49. The number of anilines is 1. The van der Waals surface area contributed by atoms with Crippen LogP contribution in [0.1, 0.15) is 48.1 Å². The second kappa shape index (κ2) is 7.57. The smallest absolute Gasteiger partial charge is 0.291 e. The first-order valence-electron chi connectivity index (χ1n) is 8.23. The molecule has 0 radical (unpaired) electrons. The summed E-state index contributed by atoms with van der Waals surface area (Å²) >= 11 is 5.83. The highest BCUT2D eigenvalue weighted by molar-refractivity contribution is 6.30. The number of benzene rings is 1. The number of hydrogen-bond donors (Lipinski definition) is 1. The van der Waals surface area contributed by atoms with Crippen molar-refractivity contribution in [3.63, 3.8) is 0 Å². The van der Waals surface area contributed by atoms with Gasteiger partial charge >= 0.3 is 0 Å². The van der Waals surface area contributed by atoms with E-state index < -0.39 is 0 Å². The van der Waals surface area contributed by atoms with Crippen molar-refractivity contribution in [2.24, 2.45) is 0 Å². The molecule has 0 saturated heterocycles. The van der Waals surface area contributed by atoms with Crippen molar-refractivity contribution < 1.29 is 9.21 Å². The number of aromatic nitrogens is 2. The van der Waals surface area contributed by atoms with E-state index in [1.165, 1.54) is 5.56 Å². The molecule has 0 aliphatic heterocycles. The van der Waals surface area contributed by atoms with E-state index in [9.17, 15) is 4.79 Å². The summed E-state index contributed by atoms with van der Waals surface area (Å²) in [6.07, 6.45) is 4.34. The standard InChI is InChI=1S/C19H20ClN3O2/c1-3-13(2)14-4-6-16(7-5-14)22-19(24)18-9-8-17(25-18)12-23-11-15(20)10-21-23/h4-11,13H,3,12H2,1-2H3,(H,22,24)/t13-/m1/s1. The maximum absolute atomic E-state index is 12.3. The van der Waals surface area contributed by atoms with Crippen molar-refractivity contribution in [2.45, 2.75) is 32.7 Å². The van der Waals surface area contributed by atoms with Gasteiger partial charge in [-0.15, -0.1) is 0 Å². The predicted molar refractivity (Wildman–Crippen MR) is 98.1 cm³/mol. The van der Waals surface area contributed by atoms with E-state index in [2.05, 4.69) is 24.3 Å². The number of nitrogens with zero attached hydrogens (tertiary/aromatic N) is 2. The van der Waals surface area contributed by atoms with Crippen LogP contribution in [0.25, 0.3) is 0 Å². The molecule has 0 fully saturated rings. The number of nitrogens with one attached hydrogen (secondary N) is 1. The molecule has 0 bridgehead atoms. The van der Waals surface area contributed by atoms with Crippen LogP contribution in [0, 0.1) is 0 Å². The number of amides is 1. The third-order valence-corrected chi connectivity index (χ3v) is 4.35. The molecule has 3 rings (SSSR count). The number of furan rings is 1. The fourth-order valence-electron chi connectivity index (χ4n) is 2.49. The van der Waals surface area contributed by atoms with E-state index in [4.69, 9.17) is 16.0 Å². The SMILES string of the molecule is CC[C@@H](C)c1ccc(NC(=O)c2ccc(Cn3cc(Cl)cn3)o2)cc1. The quantitative estimate of drug-likeness (QED) is 0.679. The largest absolute Gasteiger partial charge is 0.454 e. The molecule has 1 N–H and O–H groups in total. The minimum absolute atomic E-state index is 0.263. The van der Waals surface area contributed by atoms with Gasteiger partial charge in [-0.25, -0.2) is 0 Å². The Kier molecular flexibility index (Phi) is 5.24. The Labute approximate surface area is 151 Å². The Morgan fingerprint density at radius 2 is 2.04 bits per heavy atom. The van der Waals surface area contributed by atoms with Crippen LogP contribution in [-0.2, 0) is 6.54 Å². The minimum Gasteiger partial charge on any atom is -0.454 e. The van der Waals surface area contributed by atoms with Crippen LogP contribution in [0.5, 0.6) is 0 Å². The fourth-order valence-corrected chi connectivity index (χ4v) is 2.65. The normalized spacial score (nSPS) is 12.1. The van der Waals surface area contributed by atoms with Crippen LogP contribution in [0.2, 0.25) is 5.02 Å². The van der Waals surface area contributed by atoms with Crippen LogP contribution in [-0.4, -0.2) is 15.7 Å². The molecule has 3 aromatic rings. The van der Waals surface area contributed by atoms with Gasteiger partial charge in [0.05, 0.1) is 17.8 Å². The van der Waals surface area contributed by atoms with Crippen molar-refractivity contribution in [1.29, 1.82) is 0 Å². The molecule has 2 aromatic heterocycles. The maximum atomic E-state index is 12.3. The first-order chi connectivity index (χ1) is 12.0. The molecule has 1 aromatic carbocycles. The second-order valence-electron chi connectivity index (χ2n) is 6.01. The van der Waals surface area contributed by atoms with E-state index in [-0.39, 0.29) is 11.7 Å². The molecule has 2 heterocycles. The summed E-state index contributed by atoms with van der Waals surface area (Å²) in [6, 6.07) is 11.3. The lowest BCUT2D eigenvalue weighted by molar-refractivity contribution is 0.0994. The Hall–Kier alpha value is -2.53. The molecule has 0 saturated carbocycles. The van der Waals surface area contributed by atoms with E-state index >= 15 is 0 Å². The zero-order valence-electron chi connectivity index (χ0n) is 14.2. The molecule has 0 aliphatic carbocycles. The minimum atomic E-state index is -0.277. The predicted octanol–water partition coefficient (Wildman–Crippen LogP) is 4.94. The first-order valence-corrected chi connectivity index (χ1v) is 8.61. The van der Waals surface area contributed by atoms with Crippen molar-refractivity contribution in [3.8, 4) is 0 Å². The van der Waals surface area contributed by atoms with Gasteiger partial charge in [0.2, 0.25) is 0 Å². The summed E-state index contributed by atoms with van der Waals surface area (Å²) in [4.78, 5) is 12.3. The lowest BCUT2D eigenvalue weighted by atomic mass is 9.99. The topological polar surface area (TPSA) is 60.1 Å². The lowest BCUT2D eigenvalue weighted by Crippen LogP contribution is -2.11. The molecule has 1 amide bonds. The van der Waals surface area contributed by atoms with Crippen molar-refractivity contribution in [2.75, 3.05) is 5.32 Å². The molecule has 1 atom stereocenters. The van der Waals surface area contributed by atoms with Gasteiger partial charge in [-0.3, -0.25) is 9.48 Å². The van der Waals surface area contributed by atoms with Gasteiger partial charge in [0.25, 0.3) is 5.91 Å². The summed E-state index contributed by atoms with van der Waals surface area (Å²) in [6.45, 7) is 4.76. The van der Waals surface area contributed by atoms with Gasteiger partial charge < -0.3 is 9.73 Å². The summed E-state index contributed by atoms with van der Waals surface area (Å²) < 4.78 is 7.24. The molecule has 5 nitrogen and oxygen atoms in total. The number of halogens is 1. The Morgan fingerprint density at radius 3 is 2.68 bits per heavy atom. The summed E-state index contributed by atoms with van der Waals surface area (Å²) in [7, 11) is 0. The van der Waals surface area contributed by atoms with Crippen LogP contribution >= 0.6 is 11.6 Å². The monoisotopic (exact) mass is 357 g/mol. The molecule has 6 heteroatoms. The van der Waals surface area contributed by atoms with Crippen LogP contribution in [0.4, 0.5) is 5.69 Å². The maximum Gasteiger partial charge on any atom is 0.291 e. The number of carbonyl (C=O) groups is 1. The summed E-state index contributed by atoms with van der Waals surface area (Å²) in [5.74, 6) is 1.13. The van der Waals surface area contributed by atoms with Crippen LogP contribution in [0.3, 0.4) is 0 Å². The van der Waals surface area contributed by atoms with Crippen molar-refractivity contribution in [3.05, 3.63) is 70.9 Å². The molecule has 130 valence electrons. The Bertz CT molecular complexity index is 852. The second-order valence-corrected chi connectivity index (χ2v) is 6.44. The molecule has 0 spiro atoms. The van der Waals surface area contributed by atoms with Crippen LogP contribution in [0.15, 0.2) is 53.2 Å². The van der Waals surface area contributed by atoms with Gasteiger partial charge in [0, 0.05) is 11.9 Å². The highest BCUT2D eigenvalue weighted by Crippen LogP contribution is 2.21. The van der Waals surface area contributed by atoms with Gasteiger partial charge in [0.1, 0.15) is 5.76 Å². The average molecular weight is 358 g/mol. The number of hydrogen-bond acceptors (Lipinski definition) is 3. The third kappa shape index (κ3) is 4.31. The molecule has 0 unspecified atom stereocenters. The van der Waals surface area contributed by atoms with E-state index in [1.807, 2.05) is 24.3 Å².